The summed E-state index contributed by atoms with van der Waals surface area (Å²) in [5.74, 6) is 4.08. The van der Waals surface area contributed by atoms with Gasteiger partial charge in [0.2, 0.25) is 0 Å². The Bertz CT molecular complexity index is 409. The molecule has 0 unspecified atom stereocenters. The molecule has 0 aliphatic carbocycles. The van der Waals surface area contributed by atoms with Crippen LogP contribution in [0, 0.1) is 29.0 Å². The SMILES string of the molecule is COc1cccc(C#CC#N)c1F. The Kier molecular flexibility index (Phi) is 2.89. The predicted octanol–water partition coefficient (Wildman–Crippen LogP) is 1.71. The van der Waals surface area contributed by atoms with Crippen LogP contribution < -0.4 is 4.74 Å². The molecular formula is C10H6FNO. The Morgan fingerprint density at radius 2 is 2.23 bits per heavy atom. The van der Waals surface area contributed by atoms with Gasteiger partial charge in [0.1, 0.15) is 0 Å². The van der Waals surface area contributed by atoms with E-state index in [-0.39, 0.29) is 11.3 Å². The van der Waals surface area contributed by atoms with E-state index in [1.54, 1.807) is 12.1 Å². The second kappa shape index (κ2) is 4.13. The highest BCUT2D eigenvalue weighted by atomic mass is 19.1. The van der Waals surface area contributed by atoms with Crippen molar-refractivity contribution >= 4 is 0 Å². The minimum Gasteiger partial charge on any atom is -0.494 e. The summed E-state index contributed by atoms with van der Waals surface area (Å²) in [6, 6.07) is 6.21. The van der Waals surface area contributed by atoms with Gasteiger partial charge in [0.25, 0.3) is 0 Å². The number of nitrogens with zero attached hydrogens (tertiary/aromatic N) is 1. The number of nitriles is 1. The fourth-order valence-electron chi connectivity index (χ4n) is 0.860. The van der Waals surface area contributed by atoms with E-state index in [4.69, 9.17) is 10.00 Å². The van der Waals surface area contributed by atoms with Gasteiger partial charge >= 0.3 is 0 Å². The molecule has 1 rings (SSSR count). The molecule has 1 aromatic rings. The van der Waals surface area contributed by atoms with Crippen molar-refractivity contribution in [1.82, 2.24) is 0 Å². The zero-order valence-corrected chi connectivity index (χ0v) is 6.97. The van der Waals surface area contributed by atoms with Crippen molar-refractivity contribution in [3.05, 3.63) is 29.6 Å². The van der Waals surface area contributed by atoms with E-state index in [9.17, 15) is 4.39 Å². The first-order chi connectivity index (χ1) is 6.29. The maximum atomic E-state index is 13.3. The van der Waals surface area contributed by atoms with Crippen LogP contribution in [0.4, 0.5) is 4.39 Å². The van der Waals surface area contributed by atoms with E-state index < -0.39 is 5.82 Å². The van der Waals surface area contributed by atoms with E-state index in [2.05, 4.69) is 11.8 Å². The maximum absolute atomic E-state index is 13.3. The number of halogens is 1. The summed E-state index contributed by atoms with van der Waals surface area (Å²) in [6.07, 6.45) is 0. The summed E-state index contributed by atoms with van der Waals surface area (Å²) >= 11 is 0. The molecule has 0 saturated carbocycles. The van der Waals surface area contributed by atoms with E-state index in [1.165, 1.54) is 19.2 Å². The lowest BCUT2D eigenvalue weighted by atomic mass is 10.2. The molecule has 0 bridgehead atoms. The molecule has 0 radical (unpaired) electrons. The molecule has 0 aliphatic rings. The second-order valence-corrected chi connectivity index (χ2v) is 2.18. The van der Waals surface area contributed by atoms with Crippen LogP contribution in [0.5, 0.6) is 5.75 Å². The van der Waals surface area contributed by atoms with Gasteiger partial charge in [0.05, 0.1) is 12.7 Å². The van der Waals surface area contributed by atoms with Gasteiger partial charge in [0.15, 0.2) is 17.6 Å². The van der Waals surface area contributed by atoms with Gasteiger partial charge in [-0.1, -0.05) is 6.07 Å². The molecule has 3 heteroatoms. The third kappa shape index (κ3) is 1.98. The van der Waals surface area contributed by atoms with Gasteiger partial charge in [-0.3, -0.25) is 0 Å². The van der Waals surface area contributed by atoms with Crippen molar-refractivity contribution in [1.29, 1.82) is 5.26 Å². The zero-order valence-electron chi connectivity index (χ0n) is 6.97. The van der Waals surface area contributed by atoms with Crippen LogP contribution in [-0.4, -0.2) is 7.11 Å². The molecule has 0 saturated heterocycles. The summed E-state index contributed by atoms with van der Waals surface area (Å²) < 4.78 is 18.0. The summed E-state index contributed by atoms with van der Waals surface area (Å²) in [6.45, 7) is 0. The van der Waals surface area contributed by atoms with Crippen LogP contribution in [-0.2, 0) is 0 Å². The molecule has 13 heavy (non-hydrogen) atoms. The van der Waals surface area contributed by atoms with E-state index in [0.29, 0.717) is 0 Å². The lowest BCUT2D eigenvalue weighted by Crippen LogP contribution is -1.90. The Hall–Kier alpha value is -2.00. The molecule has 1 aromatic carbocycles. The van der Waals surface area contributed by atoms with Crippen molar-refractivity contribution in [2.45, 2.75) is 0 Å². The van der Waals surface area contributed by atoms with Crippen LogP contribution in [0.1, 0.15) is 5.56 Å². The van der Waals surface area contributed by atoms with Gasteiger partial charge in [0, 0.05) is 5.92 Å². The number of rotatable bonds is 1. The fourth-order valence-corrected chi connectivity index (χ4v) is 0.860. The lowest BCUT2D eigenvalue weighted by molar-refractivity contribution is 0.386. The fraction of sp³-hybridized carbons (Fsp3) is 0.100. The molecule has 0 aromatic heterocycles. The van der Waals surface area contributed by atoms with Crippen LogP contribution in [0.3, 0.4) is 0 Å². The quantitative estimate of drug-likeness (QED) is 0.608. The summed E-state index contributed by atoms with van der Waals surface area (Å²) in [5.41, 5.74) is 0.168. The second-order valence-electron chi connectivity index (χ2n) is 2.18. The molecule has 2 nitrogen and oxygen atoms in total. The largest absolute Gasteiger partial charge is 0.494 e. The zero-order chi connectivity index (χ0) is 9.68. The molecule has 0 heterocycles. The first-order valence-electron chi connectivity index (χ1n) is 3.52. The van der Waals surface area contributed by atoms with Crippen molar-refractivity contribution in [2.75, 3.05) is 7.11 Å². The first kappa shape index (κ1) is 9.09. The smallest absolute Gasteiger partial charge is 0.180 e. The Morgan fingerprint density at radius 1 is 1.46 bits per heavy atom. The van der Waals surface area contributed by atoms with Crippen LogP contribution in [0.25, 0.3) is 0 Å². The maximum Gasteiger partial charge on any atom is 0.180 e. The first-order valence-corrected chi connectivity index (χ1v) is 3.52. The average molecular weight is 175 g/mol. The van der Waals surface area contributed by atoms with Crippen LogP contribution in [0.15, 0.2) is 18.2 Å². The van der Waals surface area contributed by atoms with E-state index >= 15 is 0 Å². The predicted molar refractivity (Wildman–Crippen MR) is 45.4 cm³/mol. The van der Waals surface area contributed by atoms with Crippen molar-refractivity contribution < 1.29 is 9.13 Å². The highest BCUT2D eigenvalue weighted by molar-refractivity contribution is 5.43. The number of ether oxygens (including phenoxy) is 1. The Labute approximate surface area is 75.6 Å². The highest BCUT2D eigenvalue weighted by Crippen LogP contribution is 2.18. The van der Waals surface area contributed by atoms with Gasteiger partial charge in [-0.25, -0.2) is 4.39 Å². The van der Waals surface area contributed by atoms with Crippen molar-refractivity contribution in [3.8, 4) is 23.7 Å². The van der Waals surface area contributed by atoms with Gasteiger partial charge in [-0.15, -0.1) is 0 Å². The summed E-state index contributed by atoms with van der Waals surface area (Å²) in [4.78, 5) is 0. The average Bonchev–Trinajstić information content (AvgIpc) is 2.16. The van der Waals surface area contributed by atoms with Crippen molar-refractivity contribution in [2.24, 2.45) is 0 Å². The number of hydrogen-bond donors (Lipinski definition) is 0. The van der Waals surface area contributed by atoms with Gasteiger partial charge in [-0.05, 0) is 18.1 Å². The highest BCUT2D eigenvalue weighted by Gasteiger charge is 2.04. The third-order valence-corrected chi connectivity index (χ3v) is 1.44. The standard InChI is InChI=1S/C10H6FNO/c1-13-9-6-2-4-8(10(9)11)5-3-7-12/h2,4,6H,1H3. The molecule has 0 atom stereocenters. The Morgan fingerprint density at radius 3 is 2.85 bits per heavy atom. The minimum atomic E-state index is -0.534. The van der Waals surface area contributed by atoms with Crippen LogP contribution in [0.2, 0.25) is 0 Å². The number of methoxy groups -OCH3 is 1. The number of benzene rings is 1. The monoisotopic (exact) mass is 175 g/mol. The van der Waals surface area contributed by atoms with Crippen LogP contribution >= 0.6 is 0 Å². The lowest BCUT2D eigenvalue weighted by Gasteiger charge is -2.01. The molecular weight excluding hydrogens is 169 g/mol. The molecule has 64 valence electrons. The number of hydrogen-bond acceptors (Lipinski definition) is 2. The molecule has 0 aliphatic heterocycles. The topological polar surface area (TPSA) is 33.0 Å². The van der Waals surface area contributed by atoms with E-state index in [0.717, 1.165) is 0 Å². The molecule has 0 spiro atoms. The van der Waals surface area contributed by atoms with Gasteiger partial charge < -0.3 is 4.74 Å². The Balaban J connectivity index is 3.17. The minimum absolute atomic E-state index is 0.129. The summed E-state index contributed by atoms with van der Waals surface area (Å²) in [5, 5.41) is 8.17. The summed E-state index contributed by atoms with van der Waals surface area (Å²) in [7, 11) is 1.37. The third-order valence-electron chi connectivity index (χ3n) is 1.44. The van der Waals surface area contributed by atoms with Gasteiger partial charge in [-0.2, -0.15) is 5.26 Å². The molecule has 0 N–H and O–H groups in total. The normalized spacial score (nSPS) is 8.08. The molecule has 0 fully saturated rings. The molecule has 0 amide bonds. The van der Waals surface area contributed by atoms with Crippen molar-refractivity contribution in [3.63, 3.8) is 0 Å². The van der Waals surface area contributed by atoms with E-state index in [1.807, 2.05) is 0 Å².